The molecule has 1 aliphatic heterocycles. The molecule has 0 bridgehead atoms. The first-order valence-electron chi connectivity index (χ1n) is 9.94. The van der Waals surface area contributed by atoms with E-state index in [-0.39, 0.29) is 11.8 Å². The minimum atomic E-state index is 0.0718. The van der Waals surface area contributed by atoms with E-state index in [0.717, 1.165) is 36.2 Å². The van der Waals surface area contributed by atoms with Crippen molar-refractivity contribution in [3.63, 3.8) is 0 Å². The lowest BCUT2D eigenvalue weighted by Gasteiger charge is -2.19. The number of fused-ring (bicyclic) bond motifs is 1. The highest BCUT2D eigenvalue weighted by molar-refractivity contribution is 5.84. The number of aromatic nitrogens is 1. The van der Waals surface area contributed by atoms with Crippen LogP contribution in [0, 0.1) is 0 Å². The van der Waals surface area contributed by atoms with Crippen LogP contribution in [0.5, 0.6) is 5.75 Å². The van der Waals surface area contributed by atoms with E-state index in [9.17, 15) is 4.79 Å². The Morgan fingerprint density at radius 2 is 2.04 bits per heavy atom. The molecule has 1 saturated heterocycles. The van der Waals surface area contributed by atoms with Crippen molar-refractivity contribution in [3.8, 4) is 5.75 Å². The van der Waals surface area contributed by atoms with E-state index in [0.29, 0.717) is 19.0 Å². The summed E-state index contributed by atoms with van der Waals surface area (Å²) < 4.78 is 5.30. The summed E-state index contributed by atoms with van der Waals surface area (Å²) in [7, 11) is 1.67. The standard InChI is InChI=1S/C23H27N3O2/c1-28-18-10-8-16(9-11-18)20(14-26-23(27)13-17-5-4-12-24-17)21-15-25-22-7-3-2-6-19(21)22/h2-3,6-11,15,17,20,24-25H,4-5,12-14H2,1H3,(H,26,27). The zero-order valence-electron chi connectivity index (χ0n) is 16.2. The summed E-state index contributed by atoms with van der Waals surface area (Å²) in [6, 6.07) is 16.7. The van der Waals surface area contributed by atoms with Gasteiger partial charge >= 0.3 is 0 Å². The summed E-state index contributed by atoms with van der Waals surface area (Å²) in [5.74, 6) is 1.01. The second-order valence-electron chi connectivity index (χ2n) is 7.42. The largest absolute Gasteiger partial charge is 0.497 e. The molecule has 1 fully saturated rings. The molecule has 1 amide bonds. The number of hydrogen-bond donors (Lipinski definition) is 3. The normalized spacial score (nSPS) is 17.5. The molecule has 2 heterocycles. The highest BCUT2D eigenvalue weighted by Gasteiger charge is 2.21. The van der Waals surface area contributed by atoms with Gasteiger partial charge in [0.25, 0.3) is 0 Å². The maximum atomic E-state index is 12.5. The Morgan fingerprint density at radius 3 is 2.79 bits per heavy atom. The highest BCUT2D eigenvalue weighted by atomic mass is 16.5. The zero-order valence-corrected chi connectivity index (χ0v) is 16.2. The Bertz CT molecular complexity index is 926. The van der Waals surface area contributed by atoms with Crippen LogP contribution in [0.4, 0.5) is 0 Å². The number of H-pyrrole nitrogens is 1. The van der Waals surface area contributed by atoms with Crippen LogP contribution in [0.15, 0.2) is 54.7 Å². The number of para-hydroxylation sites is 1. The minimum Gasteiger partial charge on any atom is -0.497 e. The molecule has 3 aromatic rings. The van der Waals surface area contributed by atoms with E-state index in [2.05, 4.69) is 52.1 Å². The van der Waals surface area contributed by atoms with Gasteiger partial charge in [-0.3, -0.25) is 4.79 Å². The molecule has 2 atom stereocenters. The van der Waals surface area contributed by atoms with Gasteiger partial charge < -0.3 is 20.4 Å². The first-order valence-corrected chi connectivity index (χ1v) is 9.94. The molecule has 2 aromatic carbocycles. The van der Waals surface area contributed by atoms with Gasteiger partial charge in [-0.1, -0.05) is 30.3 Å². The molecule has 0 spiro atoms. The number of methoxy groups -OCH3 is 1. The van der Waals surface area contributed by atoms with Crippen LogP contribution in [0.1, 0.15) is 36.3 Å². The van der Waals surface area contributed by atoms with Crippen molar-refractivity contribution < 1.29 is 9.53 Å². The summed E-state index contributed by atoms with van der Waals surface area (Å²) in [4.78, 5) is 15.8. The molecule has 1 aromatic heterocycles. The van der Waals surface area contributed by atoms with E-state index >= 15 is 0 Å². The number of amides is 1. The summed E-state index contributed by atoms with van der Waals surface area (Å²) in [5.41, 5.74) is 3.46. The second-order valence-corrected chi connectivity index (χ2v) is 7.42. The molecule has 0 aliphatic carbocycles. The molecule has 0 saturated carbocycles. The quantitative estimate of drug-likeness (QED) is 0.590. The Kier molecular flexibility index (Phi) is 5.63. The third kappa shape index (κ3) is 4.04. The Morgan fingerprint density at radius 1 is 1.21 bits per heavy atom. The Labute approximate surface area is 165 Å². The van der Waals surface area contributed by atoms with Crippen molar-refractivity contribution in [2.24, 2.45) is 0 Å². The first kappa shape index (κ1) is 18.6. The van der Waals surface area contributed by atoms with E-state index in [1.807, 2.05) is 18.2 Å². The fraction of sp³-hybridized carbons (Fsp3) is 0.348. The Hall–Kier alpha value is -2.79. The number of carbonyl (C=O) groups excluding carboxylic acids is 1. The van der Waals surface area contributed by atoms with Crippen LogP contribution in [0.25, 0.3) is 10.9 Å². The van der Waals surface area contributed by atoms with E-state index in [1.165, 1.54) is 10.9 Å². The van der Waals surface area contributed by atoms with Gasteiger partial charge in [-0.2, -0.15) is 0 Å². The first-order chi connectivity index (χ1) is 13.7. The average molecular weight is 377 g/mol. The van der Waals surface area contributed by atoms with Crippen LogP contribution in [-0.4, -0.2) is 37.1 Å². The second kappa shape index (κ2) is 8.48. The fourth-order valence-electron chi connectivity index (χ4n) is 4.07. The van der Waals surface area contributed by atoms with Crippen molar-refractivity contribution >= 4 is 16.8 Å². The molecule has 3 N–H and O–H groups in total. The summed E-state index contributed by atoms with van der Waals surface area (Å²) >= 11 is 0. The predicted octanol–water partition coefficient (Wildman–Crippen LogP) is 3.57. The molecule has 146 valence electrons. The van der Waals surface area contributed by atoms with Crippen molar-refractivity contribution in [2.45, 2.75) is 31.2 Å². The monoisotopic (exact) mass is 377 g/mol. The van der Waals surface area contributed by atoms with Gasteiger partial charge in [0.05, 0.1) is 7.11 Å². The molecule has 5 heteroatoms. The number of nitrogens with one attached hydrogen (secondary N) is 3. The number of ether oxygens (including phenoxy) is 1. The lowest BCUT2D eigenvalue weighted by molar-refractivity contribution is -0.121. The van der Waals surface area contributed by atoms with Crippen LogP contribution in [0.2, 0.25) is 0 Å². The van der Waals surface area contributed by atoms with E-state index in [4.69, 9.17) is 4.74 Å². The van der Waals surface area contributed by atoms with Gasteiger partial charge in [0.1, 0.15) is 5.75 Å². The zero-order chi connectivity index (χ0) is 19.3. The molecule has 0 radical (unpaired) electrons. The lowest BCUT2D eigenvalue weighted by Crippen LogP contribution is -2.34. The molecule has 2 unspecified atom stereocenters. The summed E-state index contributed by atoms with van der Waals surface area (Å²) in [6.45, 7) is 1.58. The van der Waals surface area contributed by atoms with E-state index in [1.54, 1.807) is 7.11 Å². The fourth-order valence-corrected chi connectivity index (χ4v) is 4.07. The molecule has 4 rings (SSSR count). The number of rotatable bonds is 7. The van der Waals surface area contributed by atoms with Crippen LogP contribution >= 0.6 is 0 Å². The van der Waals surface area contributed by atoms with Gasteiger partial charge in [-0.05, 0) is 48.7 Å². The number of carbonyl (C=O) groups is 1. The van der Waals surface area contributed by atoms with Crippen molar-refractivity contribution in [3.05, 3.63) is 65.9 Å². The molecule has 28 heavy (non-hydrogen) atoms. The highest BCUT2D eigenvalue weighted by Crippen LogP contribution is 2.31. The minimum absolute atomic E-state index is 0.0718. The molecular weight excluding hydrogens is 350 g/mol. The van der Waals surface area contributed by atoms with E-state index < -0.39 is 0 Å². The van der Waals surface area contributed by atoms with Crippen LogP contribution in [-0.2, 0) is 4.79 Å². The molecule has 5 nitrogen and oxygen atoms in total. The van der Waals surface area contributed by atoms with Crippen molar-refractivity contribution in [2.75, 3.05) is 20.2 Å². The lowest BCUT2D eigenvalue weighted by atomic mass is 9.90. The Balaban J connectivity index is 1.56. The maximum Gasteiger partial charge on any atom is 0.221 e. The number of aromatic amines is 1. The van der Waals surface area contributed by atoms with Crippen molar-refractivity contribution in [1.82, 2.24) is 15.6 Å². The van der Waals surface area contributed by atoms with Gasteiger partial charge in [0.2, 0.25) is 5.91 Å². The van der Waals surface area contributed by atoms with Gasteiger partial charge in [-0.15, -0.1) is 0 Å². The SMILES string of the molecule is COc1ccc(C(CNC(=O)CC2CCCN2)c2c[nH]c3ccccc23)cc1. The number of hydrogen-bond acceptors (Lipinski definition) is 3. The van der Waals surface area contributed by atoms with Gasteiger partial charge in [0.15, 0.2) is 0 Å². The predicted molar refractivity (Wildman–Crippen MR) is 112 cm³/mol. The van der Waals surface area contributed by atoms with Crippen molar-refractivity contribution in [1.29, 1.82) is 0 Å². The topological polar surface area (TPSA) is 66.2 Å². The summed E-state index contributed by atoms with van der Waals surface area (Å²) in [5, 5.41) is 7.75. The van der Waals surface area contributed by atoms with Crippen LogP contribution < -0.4 is 15.4 Å². The smallest absolute Gasteiger partial charge is 0.221 e. The molecular formula is C23H27N3O2. The third-order valence-corrected chi connectivity index (χ3v) is 5.61. The maximum absolute atomic E-state index is 12.5. The van der Waals surface area contributed by atoms with Crippen LogP contribution in [0.3, 0.4) is 0 Å². The summed E-state index contributed by atoms with van der Waals surface area (Å²) in [6.07, 6.45) is 4.84. The van der Waals surface area contributed by atoms with Gasteiger partial charge in [0, 0.05) is 42.0 Å². The average Bonchev–Trinajstić information content (AvgIpc) is 3.39. The van der Waals surface area contributed by atoms with Gasteiger partial charge in [-0.25, -0.2) is 0 Å². The number of benzene rings is 2. The third-order valence-electron chi connectivity index (χ3n) is 5.61. The molecule has 1 aliphatic rings.